The van der Waals surface area contributed by atoms with Gasteiger partial charge in [-0.3, -0.25) is 9.59 Å². The quantitative estimate of drug-likeness (QED) is 0.648. The van der Waals surface area contributed by atoms with Gasteiger partial charge in [0, 0.05) is 19.4 Å². The van der Waals surface area contributed by atoms with Crippen LogP contribution in [0, 0.1) is 0 Å². The van der Waals surface area contributed by atoms with Crippen LogP contribution >= 0.6 is 0 Å². The van der Waals surface area contributed by atoms with Gasteiger partial charge in [-0.25, -0.2) is 0 Å². The third-order valence-electron chi connectivity index (χ3n) is 3.46. The van der Waals surface area contributed by atoms with Gasteiger partial charge < -0.3 is 15.7 Å². The summed E-state index contributed by atoms with van der Waals surface area (Å²) in [4.78, 5) is 23.0. The highest BCUT2D eigenvalue weighted by molar-refractivity contribution is 5.79. The van der Waals surface area contributed by atoms with Crippen LogP contribution in [0.2, 0.25) is 0 Å². The Hall–Kier alpha value is -1.10. The van der Waals surface area contributed by atoms with Crippen molar-refractivity contribution in [3.63, 3.8) is 0 Å². The molecule has 0 aliphatic heterocycles. The minimum absolute atomic E-state index is 0.00681. The molecule has 1 rings (SSSR count). The van der Waals surface area contributed by atoms with Crippen LogP contribution in [0.1, 0.15) is 58.3 Å². The lowest BCUT2D eigenvalue weighted by Crippen LogP contribution is -2.45. The minimum Gasteiger partial charge on any atom is -0.391 e. The van der Waals surface area contributed by atoms with E-state index in [9.17, 15) is 14.7 Å². The highest BCUT2D eigenvalue weighted by Crippen LogP contribution is 2.18. The number of hydrogen-bond donors (Lipinski definition) is 3. The fourth-order valence-corrected chi connectivity index (χ4v) is 2.32. The van der Waals surface area contributed by atoms with Gasteiger partial charge in [-0.05, 0) is 25.7 Å². The molecule has 1 fully saturated rings. The summed E-state index contributed by atoms with van der Waals surface area (Å²) in [7, 11) is 0. The summed E-state index contributed by atoms with van der Waals surface area (Å²) in [5, 5.41) is 15.4. The highest BCUT2D eigenvalue weighted by Gasteiger charge is 2.24. The monoisotopic (exact) mass is 270 g/mol. The van der Waals surface area contributed by atoms with Crippen LogP contribution < -0.4 is 10.6 Å². The Labute approximate surface area is 115 Å². The van der Waals surface area contributed by atoms with Crippen LogP contribution in [0.25, 0.3) is 0 Å². The standard InChI is InChI=1S/C14H26N2O3/c1-2-10-15-13(18)8-5-9-14(19)16-11-6-3-4-7-12(11)17/h11-12,17H,2-10H2,1H3,(H,15,18)(H,16,19). The van der Waals surface area contributed by atoms with Gasteiger partial charge in [0.1, 0.15) is 0 Å². The SMILES string of the molecule is CCCNC(=O)CCCC(=O)NC1CCCCC1O. The van der Waals surface area contributed by atoms with Crippen molar-refractivity contribution in [2.24, 2.45) is 0 Å². The van der Waals surface area contributed by atoms with E-state index in [4.69, 9.17) is 0 Å². The lowest BCUT2D eigenvalue weighted by atomic mass is 9.92. The van der Waals surface area contributed by atoms with Gasteiger partial charge in [0.15, 0.2) is 0 Å². The molecule has 1 aliphatic rings. The molecule has 5 nitrogen and oxygen atoms in total. The first-order valence-electron chi connectivity index (χ1n) is 7.37. The Morgan fingerprint density at radius 3 is 2.53 bits per heavy atom. The van der Waals surface area contributed by atoms with Crippen molar-refractivity contribution in [3.05, 3.63) is 0 Å². The van der Waals surface area contributed by atoms with Crippen molar-refractivity contribution in [2.45, 2.75) is 70.4 Å². The zero-order valence-electron chi connectivity index (χ0n) is 11.8. The van der Waals surface area contributed by atoms with Crippen molar-refractivity contribution in [2.75, 3.05) is 6.54 Å². The molecule has 0 heterocycles. The number of aliphatic hydroxyl groups is 1. The molecule has 0 aromatic heterocycles. The lowest BCUT2D eigenvalue weighted by Gasteiger charge is -2.28. The first-order valence-corrected chi connectivity index (χ1v) is 7.37. The van der Waals surface area contributed by atoms with Gasteiger partial charge in [0.25, 0.3) is 0 Å². The second-order valence-electron chi connectivity index (χ2n) is 5.23. The van der Waals surface area contributed by atoms with E-state index in [1.54, 1.807) is 0 Å². The maximum atomic E-state index is 11.7. The number of amides is 2. The predicted octanol–water partition coefficient (Wildman–Crippen LogP) is 1.10. The Balaban J connectivity index is 2.12. The van der Waals surface area contributed by atoms with Crippen molar-refractivity contribution < 1.29 is 14.7 Å². The normalized spacial score (nSPS) is 22.8. The minimum atomic E-state index is -0.412. The van der Waals surface area contributed by atoms with Crippen molar-refractivity contribution in [3.8, 4) is 0 Å². The third-order valence-corrected chi connectivity index (χ3v) is 3.46. The van der Waals surface area contributed by atoms with Gasteiger partial charge in [0.05, 0.1) is 12.1 Å². The van der Waals surface area contributed by atoms with Crippen LogP contribution in [0.3, 0.4) is 0 Å². The smallest absolute Gasteiger partial charge is 0.220 e. The molecular weight excluding hydrogens is 244 g/mol. The number of hydrogen-bond acceptors (Lipinski definition) is 3. The molecule has 0 bridgehead atoms. The van der Waals surface area contributed by atoms with E-state index in [1.165, 1.54) is 0 Å². The fraction of sp³-hybridized carbons (Fsp3) is 0.857. The summed E-state index contributed by atoms with van der Waals surface area (Å²) in [6.45, 7) is 2.70. The predicted molar refractivity (Wildman–Crippen MR) is 73.6 cm³/mol. The number of nitrogens with one attached hydrogen (secondary N) is 2. The van der Waals surface area contributed by atoms with Crippen LogP contribution in [0.4, 0.5) is 0 Å². The molecular formula is C14H26N2O3. The topological polar surface area (TPSA) is 78.4 Å². The fourth-order valence-electron chi connectivity index (χ4n) is 2.32. The highest BCUT2D eigenvalue weighted by atomic mass is 16.3. The third kappa shape index (κ3) is 6.57. The molecule has 0 spiro atoms. The first kappa shape index (κ1) is 16.0. The Kier molecular flexibility index (Phi) is 7.48. The van der Waals surface area contributed by atoms with E-state index < -0.39 is 6.10 Å². The van der Waals surface area contributed by atoms with Crippen molar-refractivity contribution >= 4 is 11.8 Å². The number of rotatable bonds is 7. The van der Waals surface area contributed by atoms with E-state index >= 15 is 0 Å². The maximum Gasteiger partial charge on any atom is 0.220 e. The van der Waals surface area contributed by atoms with Gasteiger partial charge in [0.2, 0.25) is 11.8 Å². The van der Waals surface area contributed by atoms with Gasteiger partial charge >= 0.3 is 0 Å². The molecule has 2 amide bonds. The van der Waals surface area contributed by atoms with Gasteiger partial charge in [-0.15, -0.1) is 0 Å². The van der Waals surface area contributed by atoms with E-state index in [0.717, 1.165) is 32.1 Å². The lowest BCUT2D eigenvalue weighted by molar-refractivity contribution is -0.123. The molecule has 0 radical (unpaired) electrons. The first-order chi connectivity index (χ1) is 9.13. The van der Waals surface area contributed by atoms with Crippen LogP contribution in [0.5, 0.6) is 0 Å². The summed E-state index contributed by atoms with van der Waals surface area (Å²) in [5.74, 6) is -0.0541. The van der Waals surface area contributed by atoms with Crippen LogP contribution in [-0.2, 0) is 9.59 Å². The average Bonchev–Trinajstić information content (AvgIpc) is 2.39. The summed E-state index contributed by atoms with van der Waals surface area (Å²) < 4.78 is 0. The molecule has 3 N–H and O–H groups in total. The summed E-state index contributed by atoms with van der Waals surface area (Å²) in [5.41, 5.74) is 0. The van der Waals surface area contributed by atoms with Gasteiger partial charge in [-0.1, -0.05) is 19.8 Å². The number of aliphatic hydroxyl groups excluding tert-OH is 1. The average molecular weight is 270 g/mol. The van der Waals surface area contributed by atoms with Crippen molar-refractivity contribution in [1.82, 2.24) is 10.6 Å². The maximum absolute atomic E-state index is 11.7. The van der Waals surface area contributed by atoms with Crippen LogP contribution in [0.15, 0.2) is 0 Å². The molecule has 0 saturated heterocycles. The molecule has 110 valence electrons. The number of carbonyl (C=O) groups is 2. The molecule has 1 aliphatic carbocycles. The van der Waals surface area contributed by atoms with E-state index in [-0.39, 0.29) is 17.9 Å². The van der Waals surface area contributed by atoms with E-state index in [2.05, 4.69) is 10.6 Å². The zero-order valence-corrected chi connectivity index (χ0v) is 11.8. The zero-order chi connectivity index (χ0) is 14.1. The van der Waals surface area contributed by atoms with E-state index in [0.29, 0.717) is 25.8 Å². The van der Waals surface area contributed by atoms with Gasteiger partial charge in [-0.2, -0.15) is 0 Å². The second kappa shape index (κ2) is 8.91. The number of carbonyl (C=O) groups excluding carboxylic acids is 2. The van der Waals surface area contributed by atoms with Crippen LogP contribution in [-0.4, -0.2) is 35.6 Å². The summed E-state index contributed by atoms with van der Waals surface area (Å²) in [6, 6.07) is -0.102. The summed E-state index contributed by atoms with van der Waals surface area (Å²) >= 11 is 0. The Bertz CT molecular complexity index is 294. The molecule has 19 heavy (non-hydrogen) atoms. The molecule has 5 heteroatoms. The molecule has 2 atom stereocenters. The largest absolute Gasteiger partial charge is 0.391 e. The Morgan fingerprint density at radius 2 is 1.84 bits per heavy atom. The molecule has 2 unspecified atom stereocenters. The van der Waals surface area contributed by atoms with Crippen molar-refractivity contribution in [1.29, 1.82) is 0 Å². The molecule has 0 aromatic carbocycles. The molecule has 0 aromatic rings. The second-order valence-corrected chi connectivity index (χ2v) is 5.23. The molecule has 1 saturated carbocycles. The summed E-state index contributed by atoms with van der Waals surface area (Å²) in [6.07, 6.45) is 5.52. The van der Waals surface area contributed by atoms with E-state index in [1.807, 2.05) is 6.92 Å². The Morgan fingerprint density at radius 1 is 1.16 bits per heavy atom.